The summed E-state index contributed by atoms with van der Waals surface area (Å²) >= 11 is 1.23. The average molecular weight is 461 g/mol. The highest BCUT2D eigenvalue weighted by atomic mass is 32.2. The third-order valence-corrected chi connectivity index (χ3v) is 5.72. The van der Waals surface area contributed by atoms with E-state index in [0.29, 0.717) is 11.7 Å². The number of halogens is 2. The first-order valence-corrected chi connectivity index (χ1v) is 11.2. The summed E-state index contributed by atoms with van der Waals surface area (Å²) in [6.45, 7) is 6.13. The molecule has 0 saturated carbocycles. The lowest BCUT2D eigenvalue weighted by Gasteiger charge is -2.19. The number of amides is 1. The number of benzene rings is 2. The molecule has 0 unspecified atom stereocenters. The summed E-state index contributed by atoms with van der Waals surface area (Å²) in [6.07, 6.45) is 0. The Morgan fingerprint density at radius 2 is 1.81 bits per heavy atom. The largest absolute Gasteiger partial charge is 0.433 e. The van der Waals surface area contributed by atoms with Crippen molar-refractivity contribution in [1.29, 1.82) is 0 Å². The predicted octanol–water partition coefficient (Wildman–Crippen LogP) is 5.59. The SMILES string of the molecule is CCn1c(SCC(=O)Nc2ccccc2OC(F)F)nnc1-c1ccc(C(C)(C)C)cc1. The number of hydrogen-bond donors (Lipinski definition) is 1. The van der Waals surface area contributed by atoms with Crippen LogP contribution in [0.15, 0.2) is 53.7 Å². The quantitative estimate of drug-likeness (QED) is 0.444. The van der Waals surface area contributed by atoms with Crippen molar-refractivity contribution in [2.75, 3.05) is 11.1 Å². The molecule has 9 heteroatoms. The molecule has 3 aromatic rings. The van der Waals surface area contributed by atoms with Gasteiger partial charge in [0.15, 0.2) is 11.0 Å². The van der Waals surface area contributed by atoms with Crippen molar-refractivity contribution in [2.24, 2.45) is 0 Å². The van der Waals surface area contributed by atoms with Crippen LogP contribution in [-0.4, -0.2) is 33.0 Å². The number of carbonyl (C=O) groups is 1. The van der Waals surface area contributed by atoms with Gasteiger partial charge in [-0.05, 0) is 30.0 Å². The summed E-state index contributed by atoms with van der Waals surface area (Å²) in [6, 6.07) is 14.3. The Bertz CT molecular complexity index is 1060. The third-order valence-electron chi connectivity index (χ3n) is 4.75. The van der Waals surface area contributed by atoms with Crippen LogP contribution in [0, 0.1) is 0 Å². The topological polar surface area (TPSA) is 69.0 Å². The maximum absolute atomic E-state index is 12.6. The molecule has 0 aliphatic rings. The van der Waals surface area contributed by atoms with Crippen LogP contribution in [0.1, 0.15) is 33.3 Å². The number of aromatic nitrogens is 3. The number of alkyl halides is 2. The third kappa shape index (κ3) is 5.85. The van der Waals surface area contributed by atoms with Gasteiger partial charge < -0.3 is 14.6 Å². The number of nitrogens with zero attached hydrogens (tertiary/aromatic N) is 3. The molecule has 0 atom stereocenters. The van der Waals surface area contributed by atoms with Gasteiger partial charge in [-0.25, -0.2) is 0 Å². The number of ether oxygens (including phenoxy) is 1. The fraction of sp³-hybridized carbons (Fsp3) is 0.348. The van der Waals surface area contributed by atoms with Crippen LogP contribution in [0.4, 0.5) is 14.5 Å². The maximum atomic E-state index is 12.6. The molecule has 3 rings (SSSR count). The Morgan fingerprint density at radius 1 is 1.12 bits per heavy atom. The van der Waals surface area contributed by atoms with Gasteiger partial charge in [0.25, 0.3) is 0 Å². The fourth-order valence-corrected chi connectivity index (χ4v) is 3.90. The van der Waals surface area contributed by atoms with E-state index < -0.39 is 6.61 Å². The summed E-state index contributed by atoms with van der Waals surface area (Å²) in [4.78, 5) is 12.4. The van der Waals surface area contributed by atoms with Crippen LogP contribution in [0.3, 0.4) is 0 Å². The van der Waals surface area contributed by atoms with Crippen molar-refractivity contribution in [1.82, 2.24) is 14.8 Å². The normalized spacial score (nSPS) is 11.6. The lowest BCUT2D eigenvalue weighted by atomic mass is 9.87. The summed E-state index contributed by atoms with van der Waals surface area (Å²) in [5, 5.41) is 11.8. The van der Waals surface area contributed by atoms with Crippen molar-refractivity contribution in [3.05, 3.63) is 54.1 Å². The number of hydrogen-bond acceptors (Lipinski definition) is 5. The van der Waals surface area contributed by atoms with E-state index in [2.05, 4.69) is 53.2 Å². The van der Waals surface area contributed by atoms with Crippen molar-refractivity contribution in [2.45, 2.75) is 51.4 Å². The summed E-state index contributed by atoms with van der Waals surface area (Å²) < 4.78 is 31.5. The van der Waals surface area contributed by atoms with Gasteiger partial charge in [0.1, 0.15) is 5.75 Å². The Kier molecular flexibility index (Phi) is 7.50. The predicted molar refractivity (Wildman–Crippen MR) is 122 cm³/mol. The Hall–Kier alpha value is -2.94. The average Bonchev–Trinajstić information content (AvgIpc) is 3.15. The molecule has 1 amide bonds. The van der Waals surface area contributed by atoms with Gasteiger partial charge in [-0.1, -0.05) is 68.9 Å². The van der Waals surface area contributed by atoms with Crippen LogP contribution >= 0.6 is 11.8 Å². The second-order valence-electron chi connectivity index (χ2n) is 8.09. The van der Waals surface area contributed by atoms with Gasteiger partial charge in [-0.2, -0.15) is 8.78 Å². The van der Waals surface area contributed by atoms with E-state index >= 15 is 0 Å². The monoisotopic (exact) mass is 460 g/mol. The number of rotatable bonds is 8. The molecule has 0 spiro atoms. The molecular formula is C23H26F2N4O2S. The molecule has 0 bridgehead atoms. The minimum Gasteiger partial charge on any atom is -0.433 e. The zero-order valence-electron chi connectivity index (χ0n) is 18.4. The summed E-state index contributed by atoms with van der Waals surface area (Å²) in [5.41, 5.74) is 2.42. The second-order valence-corrected chi connectivity index (χ2v) is 9.03. The molecule has 6 nitrogen and oxygen atoms in total. The summed E-state index contributed by atoms with van der Waals surface area (Å²) in [7, 11) is 0. The first-order valence-electron chi connectivity index (χ1n) is 10.2. The molecule has 2 aromatic carbocycles. The number of anilines is 1. The highest BCUT2D eigenvalue weighted by molar-refractivity contribution is 7.99. The Labute approximate surface area is 190 Å². The lowest BCUT2D eigenvalue weighted by Crippen LogP contribution is -2.16. The number of carbonyl (C=O) groups excluding carboxylic acids is 1. The van der Waals surface area contributed by atoms with Gasteiger partial charge in [-0.15, -0.1) is 10.2 Å². The minimum atomic E-state index is -2.97. The molecule has 0 radical (unpaired) electrons. The molecular weight excluding hydrogens is 434 g/mol. The molecule has 1 aromatic heterocycles. The van der Waals surface area contributed by atoms with Crippen molar-refractivity contribution in [3.8, 4) is 17.1 Å². The van der Waals surface area contributed by atoms with E-state index in [4.69, 9.17) is 0 Å². The van der Waals surface area contributed by atoms with E-state index in [-0.39, 0.29) is 28.5 Å². The van der Waals surface area contributed by atoms with Crippen LogP contribution < -0.4 is 10.1 Å². The van der Waals surface area contributed by atoms with Crippen molar-refractivity contribution in [3.63, 3.8) is 0 Å². The molecule has 0 fully saturated rings. The molecule has 32 heavy (non-hydrogen) atoms. The minimum absolute atomic E-state index is 0.0457. The van der Waals surface area contributed by atoms with E-state index in [1.807, 2.05) is 23.6 Å². The molecule has 1 N–H and O–H groups in total. The van der Waals surface area contributed by atoms with Crippen molar-refractivity contribution < 1.29 is 18.3 Å². The molecule has 0 aliphatic heterocycles. The number of para-hydroxylation sites is 2. The standard InChI is InChI=1S/C23H26F2N4O2S/c1-5-29-20(15-10-12-16(13-11-15)23(2,3)4)27-28-22(29)32-14-19(30)26-17-8-6-7-9-18(17)31-21(24)25/h6-13,21H,5,14H2,1-4H3,(H,26,30). The highest BCUT2D eigenvalue weighted by Gasteiger charge is 2.18. The molecule has 0 aliphatic carbocycles. The van der Waals surface area contributed by atoms with Crippen LogP contribution in [0.25, 0.3) is 11.4 Å². The molecule has 1 heterocycles. The number of nitrogens with one attached hydrogen (secondary N) is 1. The van der Waals surface area contributed by atoms with Gasteiger partial charge >= 0.3 is 6.61 Å². The highest BCUT2D eigenvalue weighted by Crippen LogP contribution is 2.29. The van der Waals surface area contributed by atoms with E-state index in [0.717, 1.165) is 11.4 Å². The first-order chi connectivity index (χ1) is 15.2. The van der Waals surface area contributed by atoms with E-state index in [1.165, 1.54) is 29.5 Å². The zero-order chi connectivity index (χ0) is 23.3. The van der Waals surface area contributed by atoms with Gasteiger partial charge in [0.05, 0.1) is 11.4 Å². The second kappa shape index (κ2) is 10.1. The Morgan fingerprint density at radius 3 is 2.44 bits per heavy atom. The fourth-order valence-electron chi connectivity index (χ4n) is 3.10. The lowest BCUT2D eigenvalue weighted by molar-refractivity contribution is -0.113. The smallest absolute Gasteiger partial charge is 0.387 e. The van der Waals surface area contributed by atoms with Crippen molar-refractivity contribution >= 4 is 23.4 Å². The zero-order valence-corrected chi connectivity index (χ0v) is 19.2. The Balaban J connectivity index is 1.69. The number of thioether (sulfide) groups is 1. The van der Waals surface area contributed by atoms with E-state index in [9.17, 15) is 13.6 Å². The summed E-state index contributed by atoms with van der Waals surface area (Å²) in [5.74, 6) is 0.330. The van der Waals surface area contributed by atoms with Crippen LogP contribution in [0.5, 0.6) is 5.75 Å². The van der Waals surface area contributed by atoms with Gasteiger partial charge in [0.2, 0.25) is 5.91 Å². The van der Waals surface area contributed by atoms with Gasteiger partial charge in [-0.3, -0.25) is 4.79 Å². The van der Waals surface area contributed by atoms with Gasteiger partial charge in [0, 0.05) is 12.1 Å². The molecule has 0 saturated heterocycles. The van der Waals surface area contributed by atoms with Crippen LogP contribution in [0.2, 0.25) is 0 Å². The molecule has 170 valence electrons. The van der Waals surface area contributed by atoms with Crippen LogP contribution in [-0.2, 0) is 16.8 Å². The maximum Gasteiger partial charge on any atom is 0.387 e. The first kappa shape index (κ1) is 23.7. The van der Waals surface area contributed by atoms with E-state index in [1.54, 1.807) is 12.1 Å².